The van der Waals surface area contributed by atoms with E-state index in [9.17, 15) is 9.50 Å². The molecule has 0 aliphatic carbocycles. The lowest BCUT2D eigenvalue weighted by molar-refractivity contribution is 0.174. The van der Waals surface area contributed by atoms with Crippen molar-refractivity contribution in [3.63, 3.8) is 0 Å². The van der Waals surface area contributed by atoms with Crippen LogP contribution in [0.2, 0.25) is 5.02 Å². The average Bonchev–Trinajstić information content (AvgIpc) is 2.80. The van der Waals surface area contributed by atoms with Gasteiger partial charge in [0.1, 0.15) is 18.2 Å². The Hall–Kier alpha value is -2.92. The highest BCUT2D eigenvalue weighted by atomic mass is 35.5. The van der Waals surface area contributed by atoms with E-state index in [0.29, 0.717) is 29.4 Å². The van der Waals surface area contributed by atoms with E-state index in [2.05, 4.69) is 5.32 Å². The van der Waals surface area contributed by atoms with Gasteiger partial charge in [-0.25, -0.2) is 4.39 Å². The van der Waals surface area contributed by atoms with E-state index in [1.807, 2.05) is 66.7 Å². The van der Waals surface area contributed by atoms with Crippen LogP contribution in [0.4, 0.5) is 4.39 Å². The van der Waals surface area contributed by atoms with Crippen LogP contribution in [0.1, 0.15) is 22.8 Å². The lowest BCUT2D eigenvalue weighted by Crippen LogP contribution is -2.21. The summed E-state index contributed by atoms with van der Waals surface area (Å²) < 4.78 is 20.2. The van der Waals surface area contributed by atoms with Crippen LogP contribution in [0.25, 0.3) is 10.8 Å². The smallest absolute Gasteiger partial charge is 0.131 e. The average molecular weight is 436 g/mol. The number of ether oxygens (including phenoxy) is 1. The molecule has 0 aliphatic rings. The maximum absolute atomic E-state index is 14.2. The number of aliphatic hydroxyl groups is 1. The maximum atomic E-state index is 14.2. The van der Waals surface area contributed by atoms with Crippen molar-refractivity contribution in [1.82, 2.24) is 5.32 Å². The highest BCUT2D eigenvalue weighted by Crippen LogP contribution is 2.30. The van der Waals surface area contributed by atoms with Gasteiger partial charge in [0.2, 0.25) is 0 Å². The lowest BCUT2D eigenvalue weighted by Gasteiger charge is -2.17. The van der Waals surface area contributed by atoms with Crippen LogP contribution in [0.5, 0.6) is 5.75 Å². The van der Waals surface area contributed by atoms with E-state index in [1.54, 1.807) is 12.1 Å². The van der Waals surface area contributed by atoms with Gasteiger partial charge < -0.3 is 15.2 Å². The SMILES string of the molecule is O[C@@H](CNCc1c(OCc2c(F)cccc2Cl)ccc2ccccc12)c1ccccc1. The largest absolute Gasteiger partial charge is 0.488 e. The zero-order valence-electron chi connectivity index (χ0n) is 16.9. The molecule has 1 atom stereocenters. The van der Waals surface area contributed by atoms with Crippen molar-refractivity contribution in [2.45, 2.75) is 19.3 Å². The Labute approximate surface area is 186 Å². The standard InChI is InChI=1S/C26H23ClFNO2/c27-23-11-6-12-24(28)22(23)17-31-26-14-13-18-7-4-5-10-20(18)21(26)15-29-16-25(30)19-8-2-1-3-9-19/h1-14,25,29-30H,15-17H2/t25-/m0/s1. The number of hydrogen-bond donors (Lipinski definition) is 2. The first-order valence-corrected chi connectivity index (χ1v) is 10.5. The molecule has 0 aliphatic heterocycles. The third kappa shape index (κ3) is 5.05. The van der Waals surface area contributed by atoms with E-state index in [0.717, 1.165) is 21.9 Å². The van der Waals surface area contributed by atoms with Crippen LogP contribution in [-0.2, 0) is 13.2 Å². The minimum Gasteiger partial charge on any atom is -0.488 e. The van der Waals surface area contributed by atoms with Gasteiger partial charge in [-0.2, -0.15) is 0 Å². The first-order chi connectivity index (χ1) is 15.1. The van der Waals surface area contributed by atoms with Crippen molar-refractivity contribution in [1.29, 1.82) is 0 Å². The Bertz CT molecular complexity index is 1150. The molecule has 4 rings (SSSR count). The minimum atomic E-state index is -0.613. The molecule has 0 saturated carbocycles. The summed E-state index contributed by atoms with van der Waals surface area (Å²) in [6.07, 6.45) is -0.613. The number of hydrogen-bond acceptors (Lipinski definition) is 3. The summed E-state index contributed by atoms with van der Waals surface area (Å²) >= 11 is 6.15. The van der Waals surface area contributed by atoms with Crippen LogP contribution in [0, 0.1) is 5.82 Å². The zero-order chi connectivity index (χ0) is 21.6. The van der Waals surface area contributed by atoms with Gasteiger partial charge in [0.05, 0.1) is 11.1 Å². The number of halogens is 2. The molecule has 5 heteroatoms. The molecule has 0 aromatic heterocycles. The monoisotopic (exact) mass is 435 g/mol. The Kier molecular flexibility index (Phi) is 6.82. The van der Waals surface area contributed by atoms with Crippen molar-refractivity contribution >= 4 is 22.4 Å². The van der Waals surface area contributed by atoms with Gasteiger partial charge in [-0.1, -0.05) is 78.3 Å². The molecular formula is C26H23ClFNO2. The summed E-state index contributed by atoms with van der Waals surface area (Å²) in [5, 5.41) is 16.2. The predicted octanol–water partition coefficient (Wildman–Crippen LogP) is 6.03. The van der Waals surface area contributed by atoms with Crippen molar-refractivity contribution in [3.8, 4) is 5.75 Å². The molecule has 0 fully saturated rings. The second-order valence-corrected chi connectivity index (χ2v) is 7.72. The molecule has 0 bridgehead atoms. The third-order valence-corrected chi connectivity index (χ3v) is 5.61. The van der Waals surface area contributed by atoms with Crippen LogP contribution >= 0.6 is 11.6 Å². The Balaban J connectivity index is 1.54. The highest BCUT2D eigenvalue weighted by Gasteiger charge is 2.13. The molecule has 4 aromatic rings. The molecule has 0 heterocycles. The number of nitrogens with one attached hydrogen (secondary N) is 1. The molecule has 158 valence electrons. The predicted molar refractivity (Wildman–Crippen MR) is 123 cm³/mol. The molecule has 0 saturated heterocycles. The molecule has 3 nitrogen and oxygen atoms in total. The summed E-state index contributed by atoms with van der Waals surface area (Å²) in [6.45, 7) is 0.918. The Morgan fingerprint density at radius 2 is 1.65 bits per heavy atom. The van der Waals surface area contributed by atoms with E-state index in [4.69, 9.17) is 16.3 Å². The van der Waals surface area contributed by atoms with Crippen LogP contribution in [0.3, 0.4) is 0 Å². The van der Waals surface area contributed by atoms with E-state index in [-0.39, 0.29) is 12.4 Å². The topological polar surface area (TPSA) is 41.5 Å². The molecule has 2 N–H and O–H groups in total. The molecule has 4 aromatic carbocycles. The molecule has 0 radical (unpaired) electrons. The second kappa shape index (κ2) is 9.92. The quantitative estimate of drug-likeness (QED) is 0.355. The van der Waals surface area contributed by atoms with Crippen molar-refractivity contribution in [2.24, 2.45) is 0 Å². The molecule has 0 amide bonds. The fourth-order valence-electron chi connectivity index (χ4n) is 3.58. The fraction of sp³-hybridized carbons (Fsp3) is 0.154. The summed E-state index contributed by atoms with van der Waals surface area (Å²) in [5.41, 5.74) is 2.14. The van der Waals surface area contributed by atoms with Gasteiger partial charge in [0.25, 0.3) is 0 Å². The normalized spacial score (nSPS) is 12.1. The summed E-state index contributed by atoms with van der Waals surface area (Å²) in [7, 11) is 0. The van der Waals surface area contributed by atoms with Gasteiger partial charge in [-0.05, 0) is 34.5 Å². The number of rotatable bonds is 8. The first-order valence-electron chi connectivity index (χ1n) is 10.1. The molecule has 0 spiro atoms. The van der Waals surface area contributed by atoms with Crippen molar-refractivity contribution in [2.75, 3.05) is 6.54 Å². The Morgan fingerprint density at radius 3 is 2.45 bits per heavy atom. The first kappa shape index (κ1) is 21.3. The van der Waals surface area contributed by atoms with Crippen LogP contribution in [-0.4, -0.2) is 11.7 Å². The van der Waals surface area contributed by atoms with E-state index in [1.165, 1.54) is 6.07 Å². The van der Waals surface area contributed by atoms with Crippen LogP contribution < -0.4 is 10.1 Å². The second-order valence-electron chi connectivity index (χ2n) is 7.31. The molecule has 31 heavy (non-hydrogen) atoms. The van der Waals surface area contributed by atoms with E-state index >= 15 is 0 Å². The fourth-order valence-corrected chi connectivity index (χ4v) is 3.80. The summed E-state index contributed by atoms with van der Waals surface area (Å²) in [6, 6.07) is 26.0. The lowest BCUT2D eigenvalue weighted by atomic mass is 10.0. The summed E-state index contributed by atoms with van der Waals surface area (Å²) in [5.74, 6) is 0.263. The minimum absolute atomic E-state index is 0.0312. The van der Waals surface area contributed by atoms with Gasteiger partial charge >= 0.3 is 0 Å². The van der Waals surface area contributed by atoms with Gasteiger partial charge in [0, 0.05) is 24.2 Å². The third-order valence-electron chi connectivity index (χ3n) is 5.26. The number of fused-ring (bicyclic) bond motifs is 1. The summed E-state index contributed by atoms with van der Waals surface area (Å²) in [4.78, 5) is 0. The molecular weight excluding hydrogens is 413 g/mol. The van der Waals surface area contributed by atoms with Gasteiger partial charge in [-0.15, -0.1) is 0 Å². The number of benzene rings is 4. The van der Waals surface area contributed by atoms with Gasteiger partial charge in [-0.3, -0.25) is 0 Å². The van der Waals surface area contributed by atoms with Crippen molar-refractivity contribution in [3.05, 3.63) is 112 Å². The zero-order valence-corrected chi connectivity index (χ0v) is 17.6. The highest BCUT2D eigenvalue weighted by molar-refractivity contribution is 6.31. The number of aliphatic hydroxyl groups excluding tert-OH is 1. The Morgan fingerprint density at radius 1 is 0.871 bits per heavy atom. The van der Waals surface area contributed by atoms with Crippen LogP contribution in [0.15, 0.2) is 84.9 Å². The maximum Gasteiger partial charge on any atom is 0.131 e. The molecule has 0 unspecified atom stereocenters. The van der Waals surface area contributed by atoms with Crippen molar-refractivity contribution < 1.29 is 14.2 Å². The van der Waals surface area contributed by atoms with Gasteiger partial charge in [0.15, 0.2) is 0 Å². The van der Waals surface area contributed by atoms with E-state index < -0.39 is 6.10 Å².